The molecule has 0 spiro atoms. The van der Waals surface area contributed by atoms with Crippen molar-refractivity contribution in [3.8, 4) is 0 Å². The number of aromatic nitrogens is 4. The minimum atomic E-state index is -0.145. The van der Waals surface area contributed by atoms with Gasteiger partial charge in [0.15, 0.2) is 0 Å². The molecule has 68 valence electrons. The molecule has 0 radical (unpaired) electrons. The van der Waals surface area contributed by atoms with Gasteiger partial charge in [-0.25, -0.2) is 9.97 Å². The highest BCUT2D eigenvalue weighted by molar-refractivity contribution is 7.09. The van der Waals surface area contributed by atoms with E-state index in [0.717, 1.165) is 5.01 Å². The lowest BCUT2D eigenvalue weighted by Gasteiger charge is -2.04. The second-order valence-corrected chi connectivity index (χ2v) is 3.59. The third-order valence-corrected chi connectivity index (χ3v) is 2.46. The van der Waals surface area contributed by atoms with Crippen LogP contribution in [-0.4, -0.2) is 20.2 Å². The molecule has 0 saturated carbocycles. The van der Waals surface area contributed by atoms with Gasteiger partial charge < -0.3 is 5.73 Å². The summed E-state index contributed by atoms with van der Waals surface area (Å²) < 4.78 is 0. The molecule has 0 aliphatic heterocycles. The molecule has 5 nitrogen and oxygen atoms in total. The van der Waals surface area contributed by atoms with E-state index in [2.05, 4.69) is 20.2 Å². The van der Waals surface area contributed by atoms with E-state index in [4.69, 9.17) is 5.73 Å². The van der Waals surface area contributed by atoms with Gasteiger partial charge in [-0.1, -0.05) is 0 Å². The van der Waals surface area contributed by atoms with Crippen molar-refractivity contribution in [1.82, 2.24) is 20.2 Å². The predicted molar refractivity (Wildman–Crippen MR) is 49.1 cm³/mol. The van der Waals surface area contributed by atoms with Crippen LogP contribution < -0.4 is 5.73 Å². The van der Waals surface area contributed by atoms with E-state index in [1.54, 1.807) is 17.5 Å². The van der Waals surface area contributed by atoms with Gasteiger partial charge in [-0.3, -0.25) is 5.10 Å². The average molecular weight is 195 g/mol. The molecular weight excluding hydrogens is 186 g/mol. The van der Waals surface area contributed by atoms with Crippen LogP contribution in [-0.2, 0) is 6.42 Å². The zero-order valence-corrected chi connectivity index (χ0v) is 7.66. The second kappa shape index (κ2) is 3.63. The Morgan fingerprint density at radius 2 is 2.46 bits per heavy atom. The molecule has 0 amide bonds. The van der Waals surface area contributed by atoms with Gasteiger partial charge in [0, 0.05) is 18.0 Å². The fourth-order valence-corrected chi connectivity index (χ4v) is 1.71. The summed E-state index contributed by atoms with van der Waals surface area (Å²) in [5.41, 5.74) is 5.86. The predicted octanol–water partition coefficient (Wildman–Crippen LogP) is 0.504. The van der Waals surface area contributed by atoms with E-state index >= 15 is 0 Å². The summed E-state index contributed by atoms with van der Waals surface area (Å²) in [5.74, 6) is 0.704. The van der Waals surface area contributed by atoms with Crippen molar-refractivity contribution in [2.75, 3.05) is 0 Å². The van der Waals surface area contributed by atoms with E-state index in [-0.39, 0.29) is 6.04 Å². The van der Waals surface area contributed by atoms with Crippen LogP contribution in [0.5, 0.6) is 0 Å². The number of nitrogens with two attached hydrogens (primary N) is 1. The lowest BCUT2D eigenvalue weighted by Crippen LogP contribution is -2.14. The first kappa shape index (κ1) is 8.33. The summed E-state index contributed by atoms with van der Waals surface area (Å²) in [5, 5.41) is 9.43. The normalized spacial score (nSPS) is 13.0. The van der Waals surface area contributed by atoms with Crippen molar-refractivity contribution in [3.63, 3.8) is 0 Å². The highest BCUT2D eigenvalue weighted by Gasteiger charge is 2.10. The number of nitrogens with zero attached hydrogens (tertiary/aromatic N) is 3. The van der Waals surface area contributed by atoms with Crippen LogP contribution in [0, 0.1) is 0 Å². The Bertz CT molecular complexity index is 341. The van der Waals surface area contributed by atoms with Crippen LogP contribution in [0.3, 0.4) is 0 Å². The summed E-state index contributed by atoms with van der Waals surface area (Å²) in [4.78, 5) is 8.12. The molecule has 3 N–H and O–H groups in total. The monoisotopic (exact) mass is 195 g/mol. The molecular formula is C7H9N5S. The molecule has 2 aromatic heterocycles. The van der Waals surface area contributed by atoms with Crippen LogP contribution >= 0.6 is 11.3 Å². The molecule has 1 atom stereocenters. The maximum atomic E-state index is 5.86. The van der Waals surface area contributed by atoms with Crippen molar-refractivity contribution < 1.29 is 0 Å². The molecule has 1 unspecified atom stereocenters. The Morgan fingerprint density at radius 3 is 3.08 bits per heavy atom. The second-order valence-electron chi connectivity index (χ2n) is 2.61. The first-order valence-corrected chi connectivity index (χ1v) is 4.73. The molecule has 0 fully saturated rings. The van der Waals surface area contributed by atoms with E-state index in [0.29, 0.717) is 12.2 Å². The molecule has 6 heteroatoms. The van der Waals surface area contributed by atoms with Gasteiger partial charge in [-0.15, -0.1) is 11.3 Å². The topological polar surface area (TPSA) is 80.5 Å². The van der Waals surface area contributed by atoms with Gasteiger partial charge >= 0.3 is 0 Å². The molecule has 0 saturated heterocycles. The van der Waals surface area contributed by atoms with Crippen molar-refractivity contribution in [2.24, 2.45) is 5.73 Å². The summed E-state index contributed by atoms with van der Waals surface area (Å²) in [6.45, 7) is 0. The quantitative estimate of drug-likeness (QED) is 0.747. The molecule has 2 heterocycles. The van der Waals surface area contributed by atoms with Crippen molar-refractivity contribution in [2.45, 2.75) is 12.5 Å². The van der Waals surface area contributed by atoms with Gasteiger partial charge in [0.25, 0.3) is 0 Å². The third kappa shape index (κ3) is 1.90. The van der Waals surface area contributed by atoms with Crippen LogP contribution in [0.4, 0.5) is 0 Å². The molecule has 2 aromatic rings. The van der Waals surface area contributed by atoms with E-state index in [1.165, 1.54) is 6.33 Å². The zero-order chi connectivity index (χ0) is 9.10. The molecule has 0 aliphatic rings. The largest absolute Gasteiger partial charge is 0.321 e. The first-order chi connectivity index (χ1) is 6.36. The smallest absolute Gasteiger partial charge is 0.141 e. The summed E-state index contributed by atoms with van der Waals surface area (Å²) in [6.07, 6.45) is 3.93. The Hall–Kier alpha value is -1.27. The van der Waals surface area contributed by atoms with Crippen molar-refractivity contribution in [3.05, 3.63) is 28.7 Å². The Labute approximate surface area is 79.0 Å². The van der Waals surface area contributed by atoms with Crippen LogP contribution in [0.25, 0.3) is 0 Å². The number of rotatable bonds is 3. The zero-order valence-electron chi connectivity index (χ0n) is 6.84. The maximum Gasteiger partial charge on any atom is 0.141 e. The first-order valence-electron chi connectivity index (χ1n) is 3.85. The van der Waals surface area contributed by atoms with Crippen LogP contribution in [0.15, 0.2) is 17.9 Å². The molecule has 0 aromatic carbocycles. The molecule has 2 rings (SSSR count). The number of hydrogen-bond donors (Lipinski definition) is 2. The van der Waals surface area contributed by atoms with Crippen LogP contribution in [0.2, 0.25) is 0 Å². The minimum absolute atomic E-state index is 0.145. The lowest BCUT2D eigenvalue weighted by molar-refractivity contribution is 0.668. The minimum Gasteiger partial charge on any atom is -0.321 e. The average Bonchev–Trinajstić information content (AvgIpc) is 2.74. The third-order valence-electron chi connectivity index (χ3n) is 1.66. The van der Waals surface area contributed by atoms with Gasteiger partial charge in [-0.2, -0.15) is 5.10 Å². The van der Waals surface area contributed by atoms with Gasteiger partial charge in [0.05, 0.1) is 11.0 Å². The standard InChI is InChI=1S/C7H9N5S/c8-5(7-10-4-11-12-7)3-6-9-1-2-13-6/h1-2,4-5H,3,8H2,(H,10,11,12). The Balaban J connectivity index is 2.04. The van der Waals surface area contributed by atoms with Gasteiger partial charge in [-0.05, 0) is 0 Å². The molecule has 0 bridgehead atoms. The molecule has 0 aliphatic carbocycles. The Morgan fingerprint density at radius 1 is 1.54 bits per heavy atom. The maximum absolute atomic E-state index is 5.86. The van der Waals surface area contributed by atoms with Gasteiger partial charge in [0.1, 0.15) is 12.2 Å². The fourth-order valence-electron chi connectivity index (χ4n) is 1.03. The number of thiazole rings is 1. The fraction of sp³-hybridized carbons (Fsp3) is 0.286. The number of aromatic amines is 1. The summed E-state index contributed by atoms with van der Waals surface area (Å²) in [6, 6.07) is -0.145. The highest BCUT2D eigenvalue weighted by atomic mass is 32.1. The lowest BCUT2D eigenvalue weighted by atomic mass is 10.2. The number of nitrogens with one attached hydrogen (secondary N) is 1. The van der Waals surface area contributed by atoms with Crippen molar-refractivity contribution >= 4 is 11.3 Å². The van der Waals surface area contributed by atoms with E-state index in [9.17, 15) is 0 Å². The molecule has 13 heavy (non-hydrogen) atoms. The summed E-state index contributed by atoms with van der Waals surface area (Å²) >= 11 is 1.60. The highest BCUT2D eigenvalue weighted by Crippen LogP contribution is 2.13. The number of H-pyrrole nitrogens is 1. The van der Waals surface area contributed by atoms with Crippen molar-refractivity contribution in [1.29, 1.82) is 0 Å². The van der Waals surface area contributed by atoms with Crippen LogP contribution in [0.1, 0.15) is 16.9 Å². The summed E-state index contributed by atoms with van der Waals surface area (Å²) in [7, 11) is 0. The van der Waals surface area contributed by atoms with E-state index in [1.807, 2.05) is 5.38 Å². The number of hydrogen-bond acceptors (Lipinski definition) is 5. The SMILES string of the molecule is NC(Cc1nccs1)c1ncn[nH]1. The Kier molecular flexibility index (Phi) is 2.33. The van der Waals surface area contributed by atoms with E-state index < -0.39 is 0 Å². The van der Waals surface area contributed by atoms with Gasteiger partial charge in [0.2, 0.25) is 0 Å².